The van der Waals surface area contributed by atoms with E-state index in [2.05, 4.69) is 31.0 Å². The van der Waals surface area contributed by atoms with Gasteiger partial charge in [0, 0.05) is 18.1 Å². The van der Waals surface area contributed by atoms with Gasteiger partial charge in [-0.05, 0) is 54.9 Å². The standard InChI is InChI=1S/C13H19BBrFN4OS/c1-14(21)20-8-4-5-9(20)11(16)10(6-8)19(7-2-3-7)13-18-17-12(15)22-13/h7-11,21H,2-6H2,1H3/t8?,9?,10-,11+/m1/s1. The van der Waals surface area contributed by atoms with Crippen LogP contribution < -0.4 is 4.90 Å². The molecule has 120 valence electrons. The van der Waals surface area contributed by atoms with Crippen LogP contribution >= 0.6 is 27.3 Å². The molecule has 3 heterocycles. The van der Waals surface area contributed by atoms with E-state index in [9.17, 15) is 5.02 Å². The number of aromatic nitrogens is 2. The average molecular weight is 389 g/mol. The molecule has 1 aliphatic carbocycles. The van der Waals surface area contributed by atoms with Crippen LogP contribution in [0.2, 0.25) is 6.82 Å². The Kier molecular flexibility index (Phi) is 3.95. The van der Waals surface area contributed by atoms with Crippen molar-refractivity contribution in [2.75, 3.05) is 4.90 Å². The highest BCUT2D eigenvalue weighted by Crippen LogP contribution is 2.45. The summed E-state index contributed by atoms with van der Waals surface area (Å²) in [5.74, 6) is 0. The fourth-order valence-corrected chi connectivity index (χ4v) is 5.45. The first-order valence-electron chi connectivity index (χ1n) is 7.93. The van der Waals surface area contributed by atoms with Crippen LogP contribution in [-0.2, 0) is 0 Å². The molecule has 2 bridgehead atoms. The number of alkyl halides is 1. The zero-order chi connectivity index (χ0) is 15.4. The van der Waals surface area contributed by atoms with Gasteiger partial charge in [0.2, 0.25) is 5.13 Å². The molecule has 1 saturated carbocycles. The molecule has 0 amide bonds. The molecule has 4 rings (SSSR count). The molecular weight excluding hydrogens is 370 g/mol. The molecule has 4 atom stereocenters. The van der Waals surface area contributed by atoms with Crippen molar-refractivity contribution in [2.24, 2.45) is 0 Å². The van der Waals surface area contributed by atoms with Crippen molar-refractivity contribution in [1.29, 1.82) is 0 Å². The van der Waals surface area contributed by atoms with Gasteiger partial charge in [0.05, 0.1) is 6.04 Å². The van der Waals surface area contributed by atoms with E-state index in [4.69, 9.17) is 0 Å². The predicted octanol–water partition coefficient (Wildman–Crippen LogP) is 2.32. The van der Waals surface area contributed by atoms with E-state index in [-0.39, 0.29) is 18.1 Å². The third kappa shape index (κ3) is 2.50. The minimum absolute atomic E-state index is 0.139. The van der Waals surface area contributed by atoms with Crippen molar-refractivity contribution >= 4 is 39.4 Å². The fraction of sp³-hybridized carbons (Fsp3) is 0.846. The normalized spacial score (nSPS) is 34.9. The molecule has 1 aromatic rings. The number of hydrogen-bond donors (Lipinski definition) is 1. The minimum Gasteiger partial charge on any atom is -0.437 e. The van der Waals surface area contributed by atoms with Crippen LogP contribution in [0.25, 0.3) is 0 Å². The van der Waals surface area contributed by atoms with Gasteiger partial charge < -0.3 is 14.7 Å². The summed E-state index contributed by atoms with van der Waals surface area (Å²) in [4.78, 5) is 4.15. The van der Waals surface area contributed by atoms with Crippen LogP contribution in [0.5, 0.6) is 0 Å². The Bertz CT molecular complexity index is 560. The van der Waals surface area contributed by atoms with Crippen LogP contribution in [0.3, 0.4) is 0 Å². The highest BCUT2D eigenvalue weighted by Gasteiger charge is 2.53. The molecule has 22 heavy (non-hydrogen) atoms. The second-order valence-corrected chi connectivity index (χ2v) is 8.83. The van der Waals surface area contributed by atoms with Gasteiger partial charge >= 0.3 is 7.05 Å². The van der Waals surface area contributed by atoms with Crippen LogP contribution in [0.1, 0.15) is 32.1 Å². The molecule has 9 heteroatoms. The van der Waals surface area contributed by atoms with E-state index in [1.807, 2.05) is 4.81 Å². The van der Waals surface area contributed by atoms with E-state index in [1.54, 1.807) is 6.82 Å². The second-order valence-electron chi connectivity index (χ2n) is 6.60. The number of nitrogens with zero attached hydrogens (tertiary/aromatic N) is 4. The molecule has 0 radical (unpaired) electrons. The van der Waals surface area contributed by atoms with Gasteiger partial charge in [-0.25, -0.2) is 4.39 Å². The SMILES string of the molecule is CB(O)N1C2CCC1[C@H](F)[C@H](N(c1nnc(Br)s1)C1CC1)C2. The second kappa shape index (κ2) is 5.68. The Morgan fingerprint density at radius 1 is 1.36 bits per heavy atom. The van der Waals surface area contributed by atoms with Gasteiger partial charge in [-0.1, -0.05) is 11.3 Å². The lowest BCUT2D eigenvalue weighted by atomic mass is 9.78. The molecule has 2 aliphatic heterocycles. The summed E-state index contributed by atoms with van der Waals surface area (Å²) in [6, 6.07) is 0.376. The van der Waals surface area contributed by atoms with Gasteiger partial charge in [-0.15, -0.1) is 10.2 Å². The van der Waals surface area contributed by atoms with Crippen molar-refractivity contribution < 1.29 is 9.41 Å². The Morgan fingerprint density at radius 2 is 2.14 bits per heavy atom. The van der Waals surface area contributed by atoms with Gasteiger partial charge in [0.1, 0.15) is 6.17 Å². The first kappa shape index (κ1) is 15.3. The molecule has 5 nitrogen and oxygen atoms in total. The third-order valence-electron chi connectivity index (χ3n) is 5.19. The summed E-state index contributed by atoms with van der Waals surface area (Å²) >= 11 is 4.84. The van der Waals surface area contributed by atoms with Crippen molar-refractivity contribution in [1.82, 2.24) is 15.0 Å². The highest BCUT2D eigenvalue weighted by atomic mass is 79.9. The van der Waals surface area contributed by atoms with E-state index in [1.165, 1.54) is 11.3 Å². The summed E-state index contributed by atoms with van der Waals surface area (Å²) < 4.78 is 16.0. The van der Waals surface area contributed by atoms with Crippen LogP contribution in [-0.4, -0.2) is 57.4 Å². The zero-order valence-corrected chi connectivity index (χ0v) is 14.8. The Labute approximate surface area is 142 Å². The maximum Gasteiger partial charge on any atom is 0.376 e. The lowest BCUT2D eigenvalue weighted by Crippen LogP contribution is -2.61. The zero-order valence-electron chi connectivity index (χ0n) is 12.4. The lowest BCUT2D eigenvalue weighted by molar-refractivity contribution is 0.0938. The molecule has 2 saturated heterocycles. The summed E-state index contributed by atoms with van der Waals surface area (Å²) in [7, 11) is -0.568. The summed E-state index contributed by atoms with van der Waals surface area (Å²) in [6.45, 7) is 1.75. The summed E-state index contributed by atoms with van der Waals surface area (Å²) in [5.41, 5.74) is 0. The predicted molar refractivity (Wildman–Crippen MR) is 88.9 cm³/mol. The van der Waals surface area contributed by atoms with Crippen LogP contribution in [0.4, 0.5) is 9.52 Å². The monoisotopic (exact) mass is 388 g/mol. The molecule has 2 unspecified atom stereocenters. The smallest absolute Gasteiger partial charge is 0.376 e. The molecule has 1 aromatic heterocycles. The van der Waals surface area contributed by atoms with Gasteiger partial charge in [0.15, 0.2) is 3.92 Å². The maximum atomic E-state index is 15.2. The lowest BCUT2D eigenvalue weighted by Gasteiger charge is -2.46. The molecular formula is C13H19BBrFN4OS. The number of piperidine rings is 1. The Hall–Kier alpha value is -0.245. The van der Waals surface area contributed by atoms with E-state index < -0.39 is 13.2 Å². The van der Waals surface area contributed by atoms with Crippen molar-refractivity contribution in [3.8, 4) is 0 Å². The molecule has 0 aromatic carbocycles. The van der Waals surface area contributed by atoms with Crippen molar-refractivity contribution in [3.05, 3.63) is 3.92 Å². The van der Waals surface area contributed by atoms with Crippen molar-refractivity contribution in [3.63, 3.8) is 0 Å². The number of halogens is 2. The first-order chi connectivity index (χ1) is 10.6. The van der Waals surface area contributed by atoms with Gasteiger partial charge in [-0.3, -0.25) is 0 Å². The molecule has 3 fully saturated rings. The van der Waals surface area contributed by atoms with Crippen LogP contribution in [0.15, 0.2) is 3.92 Å². The van der Waals surface area contributed by atoms with Crippen LogP contribution in [0, 0.1) is 0 Å². The van der Waals surface area contributed by atoms with Gasteiger partial charge in [0.25, 0.3) is 0 Å². The number of anilines is 1. The fourth-order valence-electron chi connectivity index (χ4n) is 4.23. The number of rotatable bonds is 4. The first-order valence-corrected chi connectivity index (χ1v) is 9.54. The van der Waals surface area contributed by atoms with E-state index in [0.717, 1.165) is 41.2 Å². The van der Waals surface area contributed by atoms with E-state index >= 15 is 4.39 Å². The van der Waals surface area contributed by atoms with E-state index in [0.29, 0.717) is 6.04 Å². The average Bonchev–Trinajstić information content (AvgIpc) is 3.10. The molecule has 0 spiro atoms. The van der Waals surface area contributed by atoms with Crippen molar-refractivity contribution in [2.45, 2.75) is 69.3 Å². The summed E-state index contributed by atoms with van der Waals surface area (Å²) in [5, 5.41) is 19.1. The highest BCUT2D eigenvalue weighted by molar-refractivity contribution is 9.11. The molecule has 3 aliphatic rings. The Morgan fingerprint density at radius 3 is 2.73 bits per heavy atom. The summed E-state index contributed by atoms with van der Waals surface area (Å²) in [6.07, 6.45) is 3.84. The minimum atomic E-state index is -0.948. The third-order valence-corrected chi connectivity index (χ3v) is 6.56. The van der Waals surface area contributed by atoms with Gasteiger partial charge in [-0.2, -0.15) is 0 Å². The number of hydrogen-bond acceptors (Lipinski definition) is 6. The topological polar surface area (TPSA) is 52.5 Å². The Balaban J connectivity index is 1.62. The molecule has 1 N–H and O–H groups in total. The number of fused-ring (bicyclic) bond motifs is 2. The quantitative estimate of drug-likeness (QED) is 0.802. The largest absolute Gasteiger partial charge is 0.437 e. The maximum absolute atomic E-state index is 15.2.